The first-order valence-corrected chi connectivity index (χ1v) is 12.4. The SMILES string of the molecule is COC(=O)NCC(=O)N1CC2(CC1c1ncc(-c3ccc(B4OC(C)(C)C(C)(C)O4)cc3)[nH]1)OCCO2. The van der Waals surface area contributed by atoms with Crippen LogP contribution in [0.4, 0.5) is 4.79 Å². The zero-order valence-corrected chi connectivity index (χ0v) is 21.8. The summed E-state index contributed by atoms with van der Waals surface area (Å²) < 4.78 is 28.6. The van der Waals surface area contributed by atoms with E-state index in [-0.39, 0.29) is 19.0 Å². The average molecular weight is 512 g/mol. The summed E-state index contributed by atoms with van der Waals surface area (Å²) in [6.45, 7) is 9.10. The monoisotopic (exact) mass is 512 g/mol. The fourth-order valence-electron chi connectivity index (χ4n) is 4.82. The highest BCUT2D eigenvalue weighted by Crippen LogP contribution is 2.42. The molecule has 1 atom stereocenters. The molecule has 2 aromatic rings. The Kier molecular flexibility index (Phi) is 6.55. The van der Waals surface area contributed by atoms with E-state index in [0.29, 0.717) is 25.5 Å². The summed E-state index contributed by atoms with van der Waals surface area (Å²) in [6.07, 6.45) is 1.51. The lowest BCUT2D eigenvalue weighted by atomic mass is 9.79. The number of carbonyl (C=O) groups excluding carboxylic acids is 2. The van der Waals surface area contributed by atoms with E-state index < -0.39 is 36.2 Å². The van der Waals surface area contributed by atoms with Gasteiger partial charge in [-0.05, 0) is 38.7 Å². The maximum absolute atomic E-state index is 13.0. The number of aromatic nitrogens is 2. The Bertz CT molecular complexity index is 1140. The van der Waals surface area contributed by atoms with Gasteiger partial charge in [-0.1, -0.05) is 24.3 Å². The number of carbonyl (C=O) groups is 2. The van der Waals surface area contributed by atoms with Crippen LogP contribution in [0, 0.1) is 0 Å². The van der Waals surface area contributed by atoms with Gasteiger partial charge in [-0.2, -0.15) is 0 Å². The molecule has 0 aliphatic carbocycles. The summed E-state index contributed by atoms with van der Waals surface area (Å²) >= 11 is 0. The molecule has 3 saturated heterocycles. The Morgan fingerprint density at radius 2 is 1.78 bits per heavy atom. The number of alkyl carbamates (subject to hydrolysis) is 1. The van der Waals surface area contributed by atoms with Crippen molar-refractivity contribution >= 4 is 24.6 Å². The first-order valence-electron chi connectivity index (χ1n) is 12.4. The maximum Gasteiger partial charge on any atom is 0.494 e. The largest absolute Gasteiger partial charge is 0.494 e. The molecule has 4 heterocycles. The number of benzene rings is 1. The summed E-state index contributed by atoms with van der Waals surface area (Å²) in [5.74, 6) is -0.535. The molecule has 1 unspecified atom stereocenters. The second kappa shape index (κ2) is 9.43. The number of rotatable bonds is 5. The van der Waals surface area contributed by atoms with Crippen LogP contribution in [0.15, 0.2) is 30.5 Å². The van der Waals surface area contributed by atoms with Gasteiger partial charge in [-0.3, -0.25) is 4.79 Å². The zero-order chi connectivity index (χ0) is 26.4. The number of ether oxygens (including phenoxy) is 3. The quantitative estimate of drug-likeness (QED) is 0.581. The number of nitrogens with one attached hydrogen (secondary N) is 2. The van der Waals surface area contributed by atoms with Gasteiger partial charge in [0.25, 0.3) is 0 Å². The molecule has 0 bridgehead atoms. The Labute approximate surface area is 216 Å². The third-order valence-corrected chi connectivity index (χ3v) is 7.65. The van der Waals surface area contributed by atoms with Crippen LogP contribution >= 0.6 is 0 Å². The van der Waals surface area contributed by atoms with Gasteiger partial charge in [0.2, 0.25) is 5.91 Å². The second-order valence-corrected chi connectivity index (χ2v) is 10.6. The molecule has 5 rings (SSSR count). The fourth-order valence-corrected chi connectivity index (χ4v) is 4.82. The Morgan fingerprint density at radius 1 is 1.14 bits per heavy atom. The number of nitrogens with zero attached hydrogens (tertiary/aromatic N) is 2. The van der Waals surface area contributed by atoms with Crippen LogP contribution < -0.4 is 10.8 Å². The van der Waals surface area contributed by atoms with E-state index >= 15 is 0 Å². The summed E-state index contributed by atoms with van der Waals surface area (Å²) in [5.41, 5.74) is 1.87. The van der Waals surface area contributed by atoms with E-state index in [4.69, 9.17) is 18.8 Å². The van der Waals surface area contributed by atoms with Gasteiger partial charge < -0.3 is 38.7 Å². The van der Waals surface area contributed by atoms with Crippen molar-refractivity contribution in [3.05, 3.63) is 36.3 Å². The van der Waals surface area contributed by atoms with Crippen molar-refractivity contribution in [2.75, 3.05) is 33.4 Å². The van der Waals surface area contributed by atoms with E-state index in [1.807, 2.05) is 52.0 Å². The van der Waals surface area contributed by atoms with E-state index in [1.54, 1.807) is 11.1 Å². The Hall–Kier alpha value is -2.93. The molecule has 1 aromatic heterocycles. The fraction of sp³-hybridized carbons (Fsp3) is 0.560. The molecule has 0 saturated carbocycles. The van der Waals surface area contributed by atoms with Gasteiger partial charge >= 0.3 is 13.2 Å². The highest BCUT2D eigenvalue weighted by atomic mass is 16.7. The predicted octanol–water partition coefficient (Wildman–Crippen LogP) is 1.75. The van der Waals surface area contributed by atoms with E-state index in [2.05, 4.69) is 20.0 Å². The van der Waals surface area contributed by atoms with E-state index in [1.165, 1.54) is 7.11 Å². The topological polar surface area (TPSA) is 124 Å². The average Bonchev–Trinajstić information content (AvgIpc) is 3.65. The summed E-state index contributed by atoms with van der Waals surface area (Å²) in [7, 11) is 0.815. The first-order chi connectivity index (χ1) is 17.5. The first kappa shape index (κ1) is 25.7. The van der Waals surface area contributed by atoms with E-state index in [0.717, 1.165) is 16.7 Å². The molecular weight excluding hydrogens is 479 g/mol. The minimum Gasteiger partial charge on any atom is -0.453 e. The van der Waals surface area contributed by atoms with Gasteiger partial charge in [-0.15, -0.1) is 0 Å². The lowest BCUT2D eigenvalue weighted by molar-refractivity contribution is -0.152. The number of hydrogen-bond acceptors (Lipinski definition) is 8. The minimum atomic E-state index is -0.872. The van der Waals surface area contributed by atoms with Crippen molar-refractivity contribution in [2.24, 2.45) is 0 Å². The highest BCUT2D eigenvalue weighted by molar-refractivity contribution is 6.62. The molecule has 3 aliphatic heterocycles. The molecule has 1 spiro atoms. The number of methoxy groups -OCH3 is 1. The molecule has 0 radical (unpaired) electrons. The van der Waals surface area contributed by atoms with Gasteiger partial charge in [0, 0.05) is 6.42 Å². The second-order valence-electron chi connectivity index (χ2n) is 10.6. The minimum absolute atomic E-state index is 0.201. The lowest BCUT2D eigenvalue weighted by Gasteiger charge is -2.32. The predicted molar refractivity (Wildman–Crippen MR) is 134 cm³/mol. The van der Waals surface area contributed by atoms with Crippen LogP contribution in [0.2, 0.25) is 0 Å². The normalized spacial score (nSPS) is 23.5. The van der Waals surface area contributed by atoms with Crippen molar-refractivity contribution in [3.8, 4) is 11.3 Å². The molecule has 3 fully saturated rings. The van der Waals surface area contributed by atoms with Crippen molar-refractivity contribution in [2.45, 2.75) is 57.1 Å². The van der Waals surface area contributed by atoms with Gasteiger partial charge in [0.15, 0.2) is 5.79 Å². The molecular formula is C25H33BN4O7. The lowest BCUT2D eigenvalue weighted by Crippen LogP contribution is -2.42. The van der Waals surface area contributed by atoms with Crippen molar-refractivity contribution < 1.29 is 33.1 Å². The maximum atomic E-state index is 13.0. The van der Waals surface area contributed by atoms with Crippen LogP contribution in [0.1, 0.15) is 46.0 Å². The zero-order valence-electron chi connectivity index (χ0n) is 21.8. The number of amides is 2. The van der Waals surface area contributed by atoms with Gasteiger partial charge in [0.05, 0.1) is 56.0 Å². The molecule has 1 aromatic carbocycles. The van der Waals surface area contributed by atoms with Crippen molar-refractivity contribution in [1.29, 1.82) is 0 Å². The van der Waals surface area contributed by atoms with Gasteiger partial charge in [0.1, 0.15) is 12.4 Å². The number of H-pyrrole nitrogens is 1. The van der Waals surface area contributed by atoms with Crippen molar-refractivity contribution in [3.63, 3.8) is 0 Å². The van der Waals surface area contributed by atoms with E-state index in [9.17, 15) is 9.59 Å². The number of hydrogen-bond donors (Lipinski definition) is 2. The standard InChI is InChI=1S/C25H33BN4O7/c1-23(2)24(3,4)37-26(36-23)17-8-6-16(7-9-17)18-13-27-21(29-18)19-12-25(34-10-11-35-25)15-30(19)20(31)14-28-22(32)33-5/h6-9,13,19H,10-12,14-15H2,1-5H3,(H,27,29)(H,28,32). The summed E-state index contributed by atoms with van der Waals surface area (Å²) in [6, 6.07) is 7.54. The van der Waals surface area contributed by atoms with Crippen LogP contribution in [-0.4, -0.2) is 84.4 Å². The third kappa shape index (κ3) is 4.86. The summed E-state index contributed by atoms with van der Waals surface area (Å²) in [4.78, 5) is 34.1. The smallest absolute Gasteiger partial charge is 0.453 e. The van der Waals surface area contributed by atoms with Crippen molar-refractivity contribution in [1.82, 2.24) is 20.2 Å². The molecule has 2 N–H and O–H groups in total. The van der Waals surface area contributed by atoms with Gasteiger partial charge in [-0.25, -0.2) is 9.78 Å². The molecule has 37 heavy (non-hydrogen) atoms. The molecule has 2 amide bonds. The number of imidazole rings is 1. The molecule has 11 nitrogen and oxygen atoms in total. The Morgan fingerprint density at radius 3 is 2.41 bits per heavy atom. The summed E-state index contributed by atoms with van der Waals surface area (Å²) in [5, 5.41) is 2.44. The molecule has 198 valence electrons. The third-order valence-electron chi connectivity index (χ3n) is 7.65. The van der Waals surface area contributed by atoms with Crippen LogP contribution in [0.3, 0.4) is 0 Å². The highest BCUT2D eigenvalue weighted by Gasteiger charge is 2.52. The number of aromatic amines is 1. The van der Waals surface area contributed by atoms with Crippen LogP contribution in [-0.2, 0) is 28.3 Å². The number of likely N-dealkylation sites (tertiary alicyclic amines) is 1. The molecule has 12 heteroatoms. The molecule has 3 aliphatic rings. The van der Waals surface area contributed by atoms with Crippen LogP contribution in [0.5, 0.6) is 0 Å². The van der Waals surface area contributed by atoms with Crippen LogP contribution in [0.25, 0.3) is 11.3 Å². The Balaban J connectivity index is 1.33.